The fourth-order valence-corrected chi connectivity index (χ4v) is 4.80. The van der Waals surface area contributed by atoms with Crippen LogP contribution in [-0.4, -0.2) is 72.1 Å². The molecule has 0 N–H and O–H groups in total. The number of morpholine rings is 1. The molecular weight excluding hydrogens is 458 g/mol. The van der Waals surface area contributed by atoms with Crippen molar-refractivity contribution < 1.29 is 14.3 Å². The molecule has 1 aliphatic rings. The van der Waals surface area contributed by atoms with E-state index in [1.807, 2.05) is 18.2 Å². The van der Waals surface area contributed by atoms with E-state index < -0.39 is 0 Å². The van der Waals surface area contributed by atoms with E-state index in [-0.39, 0.29) is 5.91 Å². The molecule has 1 amide bonds. The summed E-state index contributed by atoms with van der Waals surface area (Å²) in [6.45, 7) is 4.45. The summed E-state index contributed by atoms with van der Waals surface area (Å²) in [6, 6.07) is 5.93. The van der Waals surface area contributed by atoms with Crippen molar-refractivity contribution in [3.05, 3.63) is 34.4 Å². The number of fused-ring (bicyclic) bond motifs is 1. The molecule has 0 bridgehead atoms. The van der Waals surface area contributed by atoms with Gasteiger partial charge in [0.1, 0.15) is 5.56 Å². The molecule has 1 fully saturated rings. The van der Waals surface area contributed by atoms with E-state index in [1.165, 1.54) is 18.4 Å². The van der Waals surface area contributed by atoms with Crippen LogP contribution in [0.4, 0.5) is 5.13 Å². The maximum Gasteiger partial charge on any atom is 0.267 e. The van der Waals surface area contributed by atoms with Crippen LogP contribution in [0.15, 0.2) is 28.9 Å². The van der Waals surface area contributed by atoms with Gasteiger partial charge in [0.25, 0.3) is 5.91 Å². The Bertz CT molecular complexity index is 1010. The highest BCUT2D eigenvalue weighted by Gasteiger charge is 2.27. The van der Waals surface area contributed by atoms with Crippen molar-refractivity contribution in [2.45, 2.75) is 0 Å². The first kappa shape index (κ1) is 20.3. The van der Waals surface area contributed by atoms with Crippen LogP contribution in [0.5, 0.6) is 5.88 Å². The number of hydrogen-bond acceptors (Lipinski definition) is 7. The van der Waals surface area contributed by atoms with Crippen LogP contribution in [0, 0.1) is 0 Å². The fourth-order valence-electron chi connectivity index (χ4n) is 3.26. The van der Waals surface area contributed by atoms with Crippen molar-refractivity contribution in [2.24, 2.45) is 7.05 Å². The quantitative estimate of drug-likeness (QED) is 0.541. The van der Waals surface area contributed by atoms with Crippen molar-refractivity contribution in [1.82, 2.24) is 19.7 Å². The number of anilines is 1. The van der Waals surface area contributed by atoms with E-state index in [1.54, 1.807) is 22.8 Å². The van der Waals surface area contributed by atoms with Gasteiger partial charge in [-0.05, 0) is 18.2 Å². The summed E-state index contributed by atoms with van der Waals surface area (Å²) >= 11 is 5.00. The summed E-state index contributed by atoms with van der Waals surface area (Å²) in [4.78, 5) is 22.2. The topological polar surface area (TPSA) is 72.7 Å². The van der Waals surface area contributed by atoms with Crippen LogP contribution in [-0.2, 0) is 11.8 Å². The number of halogens is 1. The van der Waals surface area contributed by atoms with E-state index in [0.717, 1.165) is 47.5 Å². The van der Waals surface area contributed by atoms with Gasteiger partial charge in [0, 0.05) is 43.9 Å². The Labute approximate surface area is 181 Å². The highest BCUT2D eigenvalue weighted by molar-refractivity contribution is 9.10. The summed E-state index contributed by atoms with van der Waals surface area (Å²) < 4.78 is 14.3. The third-order valence-electron chi connectivity index (χ3n) is 4.78. The predicted octanol–water partition coefficient (Wildman–Crippen LogP) is 2.78. The molecular formula is C19H22BrN5O3S. The molecule has 2 aromatic heterocycles. The molecule has 29 heavy (non-hydrogen) atoms. The van der Waals surface area contributed by atoms with Gasteiger partial charge in [-0.25, -0.2) is 4.98 Å². The molecule has 10 heteroatoms. The van der Waals surface area contributed by atoms with Crippen LogP contribution in [0.3, 0.4) is 0 Å². The van der Waals surface area contributed by atoms with Gasteiger partial charge in [-0.3, -0.25) is 19.3 Å². The number of amides is 1. The van der Waals surface area contributed by atoms with Crippen LogP contribution in [0.2, 0.25) is 0 Å². The number of carbonyl (C=O) groups is 1. The van der Waals surface area contributed by atoms with Crippen molar-refractivity contribution in [1.29, 1.82) is 0 Å². The number of thiazole rings is 1. The predicted molar refractivity (Wildman–Crippen MR) is 116 cm³/mol. The molecule has 3 heterocycles. The average molecular weight is 480 g/mol. The molecule has 0 atom stereocenters. The minimum absolute atomic E-state index is 0.165. The van der Waals surface area contributed by atoms with Crippen LogP contribution in [0.1, 0.15) is 10.4 Å². The molecule has 1 aromatic carbocycles. The molecule has 0 aliphatic carbocycles. The summed E-state index contributed by atoms with van der Waals surface area (Å²) in [6.07, 6.45) is 1.69. The smallest absolute Gasteiger partial charge is 0.267 e. The van der Waals surface area contributed by atoms with E-state index in [0.29, 0.717) is 23.1 Å². The largest absolute Gasteiger partial charge is 0.479 e. The van der Waals surface area contributed by atoms with Gasteiger partial charge < -0.3 is 9.47 Å². The van der Waals surface area contributed by atoms with Crippen molar-refractivity contribution in [2.75, 3.05) is 51.4 Å². The molecule has 3 aromatic rings. The van der Waals surface area contributed by atoms with Crippen molar-refractivity contribution in [3.63, 3.8) is 0 Å². The van der Waals surface area contributed by atoms with Gasteiger partial charge in [-0.1, -0.05) is 27.3 Å². The van der Waals surface area contributed by atoms with E-state index in [9.17, 15) is 4.79 Å². The molecule has 4 rings (SSSR count). The number of ether oxygens (including phenoxy) is 2. The zero-order valence-corrected chi connectivity index (χ0v) is 18.7. The lowest BCUT2D eigenvalue weighted by atomic mass is 10.3. The number of nitrogens with zero attached hydrogens (tertiary/aromatic N) is 5. The third kappa shape index (κ3) is 4.45. The van der Waals surface area contributed by atoms with E-state index >= 15 is 0 Å². The van der Waals surface area contributed by atoms with Gasteiger partial charge >= 0.3 is 0 Å². The van der Waals surface area contributed by atoms with Gasteiger partial charge in [0.2, 0.25) is 5.88 Å². The Morgan fingerprint density at radius 3 is 2.93 bits per heavy atom. The molecule has 1 saturated heterocycles. The molecule has 1 aliphatic heterocycles. The van der Waals surface area contributed by atoms with Crippen LogP contribution >= 0.6 is 27.3 Å². The second-order valence-corrected chi connectivity index (χ2v) is 8.67. The van der Waals surface area contributed by atoms with Gasteiger partial charge in [-0.15, -0.1) is 5.10 Å². The van der Waals surface area contributed by atoms with E-state index in [2.05, 4.69) is 25.9 Å². The van der Waals surface area contributed by atoms with Crippen LogP contribution in [0.25, 0.3) is 10.2 Å². The average Bonchev–Trinajstić information content (AvgIpc) is 3.31. The van der Waals surface area contributed by atoms with E-state index in [4.69, 9.17) is 14.5 Å². The number of aromatic nitrogens is 3. The fraction of sp³-hybridized carbons (Fsp3) is 0.421. The maximum absolute atomic E-state index is 13.5. The molecule has 154 valence electrons. The maximum atomic E-state index is 13.5. The normalized spacial score (nSPS) is 15.0. The highest BCUT2D eigenvalue weighted by atomic mass is 79.9. The minimum Gasteiger partial charge on any atom is -0.479 e. The second-order valence-electron chi connectivity index (χ2n) is 6.75. The van der Waals surface area contributed by atoms with Gasteiger partial charge in [0.05, 0.1) is 30.5 Å². The SMILES string of the molecule is COc1nn(C)cc1C(=O)N(CCN1CCOCC1)c1nc2ccc(Br)cc2s1. The first-order chi connectivity index (χ1) is 14.0. The number of benzene rings is 1. The number of aryl methyl sites for hydroxylation is 1. The Morgan fingerprint density at radius 1 is 1.38 bits per heavy atom. The zero-order valence-electron chi connectivity index (χ0n) is 16.3. The number of hydrogen-bond donors (Lipinski definition) is 0. The number of rotatable bonds is 6. The Hall–Kier alpha value is -2.01. The molecule has 0 spiro atoms. The standard InChI is InChI=1S/C19H22BrN5O3S/c1-23-12-14(17(22-23)27-2)18(26)25(6-5-24-7-9-28-10-8-24)19-21-15-4-3-13(20)11-16(15)29-19/h3-4,11-12H,5-10H2,1-2H3. The highest BCUT2D eigenvalue weighted by Crippen LogP contribution is 2.32. The summed E-state index contributed by atoms with van der Waals surface area (Å²) in [5.41, 5.74) is 1.30. The zero-order chi connectivity index (χ0) is 20.4. The lowest BCUT2D eigenvalue weighted by Gasteiger charge is -2.29. The molecule has 0 radical (unpaired) electrons. The summed E-state index contributed by atoms with van der Waals surface area (Å²) in [5, 5.41) is 4.90. The molecule has 0 unspecified atom stereocenters. The number of carbonyl (C=O) groups excluding carboxylic acids is 1. The summed E-state index contributed by atoms with van der Waals surface area (Å²) in [5.74, 6) is 0.152. The van der Waals surface area contributed by atoms with Gasteiger partial charge in [-0.2, -0.15) is 0 Å². The number of methoxy groups -OCH3 is 1. The lowest BCUT2D eigenvalue weighted by Crippen LogP contribution is -2.43. The summed E-state index contributed by atoms with van der Waals surface area (Å²) in [7, 11) is 3.29. The third-order valence-corrected chi connectivity index (χ3v) is 6.31. The van der Waals surface area contributed by atoms with Crippen molar-refractivity contribution >= 4 is 48.5 Å². The Morgan fingerprint density at radius 2 is 2.17 bits per heavy atom. The van der Waals surface area contributed by atoms with Crippen LogP contribution < -0.4 is 9.64 Å². The first-order valence-electron chi connectivity index (χ1n) is 9.31. The lowest BCUT2D eigenvalue weighted by molar-refractivity contribution is 0.0391. The molecule has 0 saturated carbocycles. The first-order valence-corrected chi connectivity index (χ1v) is 10.9. The molecule has 8 nitrogen and oxygen atoms in total. The minimum atomic E-state index is -0.165. The van der Waals surface area contributed by atoms with Crippen molar-refractivity contribution in [3.8, 4) is 5.88 Å². The monoisotopic (exact) mass is 479 g/mol. The Balaban J connectivity index is 1.66. The Kier molecular flexibility index (Phi) is 6.14. The second kappa shape index (κ2) is 8.78. The van der Waals surface area contributed by atoms with Gasteiger partial charge in [0.15, 0.2) is 5.13 Å².